The monoisotopic (exact) mass is 273 g/mol. The predicted octanol–water partition coefficient (Wildman–Crippen LogP) is 3.16. The Balaban J connectivity index is 2.23. The first-order valence-corrected chi connectivity index (χ1v) is 6.44. The average molecular weight is 273 g/mol. The summed E-state index contributed by atoms with van der Waals surface area (Å²) >= 11 is 0. The van der Waals surface area contributed by atoms with E-state index < -0.39 is 11.8 Å². The Morgan fingerprint density at radius 2 is 2.05 bits per heavy atom. The van der Waals surface area contributed by atoms with Gasteiger partial charge in [-0.15, -0.1) is 0 Å². The molecule has 4 heteroatoms. The van der Waals surface area contributed by atoms with E-state index in [0.29, 0.717) is 12.0 Å². The van der Waals surface area contributed by atoms with Crippen molar-refractivity contribution in [2.45, 2.75) is 19.8 Å². The topological polar surface area (TPSA) is 39.2 Å². The van der Waals surface area contributed by atoms with Crippen molar-refractivity contribution < 1.29 is 13.9 Å². The number of aryl methyl sites for hydroxylation is 1. The summed E-state index contributed by atoms with van der Waals surface area (Å²) in [6.45, 7) is 2.06. The third kappa shape index (κ3) is 3.41. The van der Waals surface area contributed by atoms with Crippen LogP contribution >= 0.6 is 0 Å². The number of carbonyl (C=O) groups excluding carboxylic acids is 1. The molecule has 0 amide bonds. The summed E-state index contributed by atoms with van der Waals surface area (Å²) in [5.74, 6) is -0.992. The average Bonchev–Trinajstić information content (AvgIpc) is 2.46. The van der Waals surface area contributed by atoms with Gasteiger partial charge in [0.15, 0.2) is 0 Å². The first kappa shape index (κ1) is 14.2. The number of rotatable bonds is 4. The van der Waals surface area contributed by atoms with Gasteiger partial charge in [0.05, 0.1) is 12.7 Å². The fourth-order valence-corrected chi connectivity index (χ4v) is 1.97. The lowest BCUT2D eigenvalue weighted by Crippen LogP contribution is -2.03. The van der Waals surface area contributed by atoms with Crippen LogP contribution < -0.4 is 0 Å². The Morgan fingerprint density at radius 1 is 1.25 bits per heavy atom. The Hall–Kier alpha value is -2.23. The molecule has 0 saturated carbocycles. The summed E-state index contributed by atoms with van der Waals surface area (Å²) in [7, 11) is 1.28. The standard InChI is InChI=1S/C16H16FNO2/c1-3-11-4-5-15(18-10-11)8-12-6-13(16(19)20-2)9-14(17)7-12/h4-7,9-10H,3,8H2,1-2H3. The number of hydrogen-bond donors (Lipinski definition) is 0. The molecule has 3 nitrogen and oxygen atoms in total. The smallest absolute Gasteiger partial charge is 0.337 e. The molecule has 2 rings (SSSR count). The summed E-state index contributed by atoms with van der Waals surface area (Å²) in [4.78, 5) is 15.8. The molecule has 0 saturated heterocycles. The molecule has 1 aromatic carbocycles. The number of hydrogen-bond acceptors (Lipinski definition) is 3. The van der Waals surface area contributed by atoms with Gasteiger partial charge in [0.25, 0.3) is 0 Å². The highest BCUT2D eigenvalue weighted by molar-refractivity contribution is 5.89. The van der Waals surface area contributed by atoms with Crippen LogP contribution in [0, 0.1) is 5.82 Å². The van der Waals surface area contributed by atoms with E-state index in [-0.39, 0.29) is 5.56 Å². The van der Waals surface area contributed by atoms with Crippen LogP contribution in [0.3, 0.4) is 0 Å². The van der Waals surface area contributed by atoms with Crippen LogP contribution in [-0.2, 0) is 17.6 Å². The first-order valence-electron chi connectivity index (χ1n) is 6.44. The molecule has 0 aliphatic carbocycles. The zero-order chi connectivity index (χ0) is 14.5. The number of halogens is 1. The maximum Gasteiger partial charge on any atom is 0.337 e. The number of methoxy groups -OCH3 is 1. The molecule has 0 unspecified atom stereocenters. The molecule has 0 bridgehead atoms. The van der Waals surface area contributed by atoms with Gasteiger partial charge in [0.1, 0.15) is 5.82 Å². The van der Waals surface area contributed by atoms with Crippen LogP contribution in [0.2, 0.25) is 0 Å². The van der Waals surface area contributed by atoms with Crippen molar-refractivity contribution in [1.29, 1.82) is 0 Å². The highest BCUT2D eigenvalue weighted by Crippen LogP contribution is 2.14. The quantitative estimate of drug-likeness (QED) is 0.803. The van der Waals surface area contributed by atoms with Gasteiger partial charge in [-0.1, -0.05) is 13.0 Å². The molecule has 0 aliphatic heterocycles. The molecule has 0 spiro atoms. The Bertz CT molecular complexity index is 608. The summed E-state index contributed by atoms with van der Waals surface area (Å²) < 4.78 is 18.1. The first-order chi connectivity index (χ1) is 9.62. The van der Waals surface area contributed by atoms with Crippen LogP contribution in [0.4, 0.5) is 4.39 Å². The Labute approximate surface area is 117 Å². The van der Waals surface area contributed by atoms with Crippen molar-refractivity contribution in [3.05, 3.63) is 64.7 Å². The molecule has 0 N–H and O–H groups in total. The molecular formula is C16H16FNO2. The molecule has 104 valence electrons. The molecule has 0 fully saturated rings. The van der Waals surface area contributed by atoms with E-state index in [0.717, 1.165) is 17.7 Å². The van der Waals surface area contributed by atoms with E-state index >= 15 is 0 Å². The highest BCUT2D eigenvalue weighted by Gasteiger charge is 2.09. The second kappa shape index (κ2) is 6.28. The third-order valence-corrected chi connectivity index (χ3v) is 3.06. The maximum absolute atomic E-state index is 13.5. The van der Waals surface area contributed by atoms with Gasteiger partial charge in [-0.05, 0) is 41.8 Å². The number of carbonyl (C=O) groups is 1. The normalized spacial score (nSPS) is 10.3. The minimum atomic E-state index is -0.542. The number of benzene rings is 1. The van der Waals surface area contributed by atoms with Gasteiger partial charge < -0.3 is 4.74 Å². The summed E-state index contributed by atoms with van der Waals surface area (Å²) in [5.41, 5.74) is 2.90. The molecule has 1 aromatic heterocycles. The summed E-state index contributed by atoms with van der Waals surface area (Å²) in [5, 5.41) is 0. The molecular weight excluding hydrogens is 257 g/mol. The van der Waals surface area contributed by atoms with Crippen LogP contribution in [0.25, 0.3) is 0 Å². The van der Waals surface area contributed by atoms with Crippen LogP contribution in [0.1, 0.15) is 34.1 Å². The molecule has 1 heterocycles. The van der Waals surface area contributed by atoms with E-state index in [2.05, 4.69) is 16.6 Å². The van der Waals surface area contributed by atoms with Crippen LogP contribution in [-0.4, -0.2) is 18.1 Å². The molecule has 0 aliphatic rings. The summed E-state index contributed by atoms with van der Waals surface area (Å²) in [6.07, 6.45) is 3.22. The van der Waals surface area contributed by atoms with Gasteiger partial charge >= 0.3 is 5.97 Å². The van der Waals surface area contributed by atoms with E-state index in [4.69, 9.17) is 0 Å². The van der Waals surface area contributed by atoms with Crippen molar-refractivity contribution >= 4 is 5.97 Å². The zero-order valence-electron chi connectivity index (χ0n) is 11.5. The predicted molar refractivity (Wildman–Crippen MR) is 74.2 cm³/mol. The van der Waals surface area contributed by atoms with E-state index in [1.807, 2.05) is 18.3 Å². The minimum absolute atomic E-state index is 0.215. The molecule has 2 aromatic rings. The van der Waals surface area contributed by atoms with Gasteiger partial charge in [0.2, 0.25) is 0 Å². The lowest BCUT2D eigenvalue weighted by molar-refractivity contribution is 0.0600. The van der Waals surface area contributed by atoms with Crippen LogP contribution in [0.15, 0.2) is 36.5 Å². The van der Waals surface area contributed by atoms with E-state index in [1.165, 1.54) is 19.2 Å². The van der Waals surface area contributed by atoms with E-state index in [1.54, 1.807) is 6.07 Å². The van der Waals surface area contributed by atoms with Crippen molar-refractivity contribution in [3.63, 3.8) is 0 Å². The van der Waals surface area contributed by atoms with Gasteiger partial charge in [0, 0.05) is 18.3 Å². The largest absolute Gasteiger partial charge is 0.465 e. The molecule has 0 radical (unpaired) electrons. The van der Waals surface area contributed by atoms with Crippen molar-refractivity contribution in [3.8, 4) is 0 Å². The van der Waals surface area contributed by atoms with E-state index in [9.17, 15) is 9.18 Å². The molecule has 0 atom stereocenters. The van der Waals surface area contributed by atoms with Crippen molar-refractivity contribution in [2.75, 3.05) is 7.11 Å². The second-order valence-corrected chi connectivity index (χ2v) is 4.53. The van der Waals surface area contributed by atoms with Gasteiger partial charge in [-0.25, -0.2) is 9.18 Å². The van der Waals surface area contributed by atoms with Crippen molar-refractivity contribution in [2.24, 2.45) is 0 Å². The lowest BCUT2D eigenvalue weighted by atomic mass is 10.0. The molecule has 20 heavy (non-hydrogen) atoms. The minimum Gasteiger partial charge on any atom is -0.465 e. The number of ether oxygens (including phenoxy) is 1. The second-order valence-electron chi connectivity index (χ2n) is 4.53. The SMILES string of the molecule is CCc1ccc(Cc2cc(F)cc(C(=O)OC)c2)nc1. The maximum atomic E-state index is 13.5. The third-order valence-electron chi connectivity index (χ3n) is 3.06. The Kier molecular flexibility index (Phi) is 4.45. The number of aromatic nitrogens is 1. The number of nitrogens with zero attached hydrogens (tertiary/aromatic N) is 1. The van der Waals surface area contributed by atoms with Crippen molar-refractivity contribution in [1.82, 2.24) is 4.98 Å². The highest BCUT2D eigenvalue weighted by atomic mass is 19.1. The summed E-state index contributed by atoms with van der Waals surface area (Å²) in [6, 6.07) is 8.12. The van der Waals surface area contributed by atoms with Crippen LogP contribution in [0.5, 0.6) is 0 Å². The fraction of sp³-hybridized carbons (Fsp3) is 0.250. The fourth-order valence-electron chi connectivity index (χ4n) is 1.97. The zero-order valence-corrected chi connectivity index (χ0v) is 11.5. The van der Waals surface area contributed by atoms with Gasteiger partial charge in [-0.3, -0.25) is 4.98 Å². The Morgan fingerprint density at radius 3 is 2.65 bits per heavy atom. The lowest BCUT2D eigenvalue weighted by Gasteiger charge is -2.05. The van der Waals surface area contributed by atoms with Gasteiger partial charge in [-0.2, -0.15) is 0 Å². The number of pyridine rings is 1. The number of esters is 1.